The molecule has 0 unspecified atom stereocenters. The topological polar surface area (TPSA) is 88.2 Å². The third kappa shape index (κ3) is 3.73. The van der Waals surface area contributed by atoms with Gasteiger partial charge >= 0.3 is 12.1 Å². The average Bonchev–Trinajstić information content (AvgIpc) is 2.24. The molecule has 1 rings (SSSR count). The van der Waals surface area contributed by atoms with Crippen molar-refractivity contribution in [2.45, 2.75) is 26.1 Å². The van der Waals surface area contributed by atoms with Gasteiger partial charge < -0.3 is 16.2 Å². The monoisotopic (exact) mass is 277 g/mol. The van der Waals surface area contributed by atoms with Crippen LogP contribution in [-0.4, -0.2) is 28.3 Å². The van der Waals surface area contributed by atoms with Gasteiger partial charge in [-0.1, -0.05) is 13.8 Å². The first-order chi connectivity index (χ1) is 8.62. The van der Waals surface area contributed by atoms with Gasteiger partial charge in [0.05, 0.1) is 5.69 Å². The molecule has 0 amide bonds. The number of anilines is 2. The minimum atomic E-state index is -4.49. The van der Waals surface area contributed by atoms with E-state index in [4.69, 9.17) is 10.8 Å². The van der Waals surface area contributed by atoms with E-state index in [1.54, 1.807) is 0 Å². The predicted molar refractivity (Wildman–Crippen MR) is 63.9 cm³/mol. The number of nitrogens with two attached hydrogens (primary N) is 1. The second-order valence-electron chi connectivity index (χ2n) is 4.35. The standard InChI is InChI=1S/C11H14F3N3O2/c1-5(2)9(11(12,13)14)16-6-3-4-7(15)17-8(6)10(18)19/h3-5,9,16H,1-2H3,(H2,15,17)(H,18,19)/t9-/m1/s1. The van der Waals surface area contributed by atoms with Gasteiger partial charge in [-0.15, -0.1) is 0 Å². The summed E-state index contributed by atoms with van der Waals surface area (Å²) in [7, 11) is 0. The van der Waals surface area contributed by atoms with Crippen LogP contribution in [0.1, 0.15) is 24.3 Å². The van der Waals surface area contributed by atoms with Gasteiger partial charge in [0.1, 0.15) is 11.9 Å². The van der Waals surface area contributed by atoms with Crippen molar-refractivity contribution in [2.75, 3.05) is 11.1 Å². The highest BCUT2D eigenvalue weighted by atomic mass is 19.4. The molecule has 1 heterocycles. The SMILES string of the molecule is CC(C)[C@@H](Nc1ccc(N)nc1C(=O)O)C(F)(F)F. The molecule has 1 aromatic heterocycles. The molecule has 0 bridgehead atoms. The fourth-order valence-corrected chi connectivity index (χ4v) is 1.55. The van der Waals surface area contributed by atoms with Crippen LogP contribution in [0.5, 0.6) is 0 Å². The van der Waals surface area contributed by atoms with Crippen LogP contribution in [0.25, 0.3) is 0 Å². The molecule has 0 spiro atoms. The lowest BCUT2D eigenvalue weighted by atomic mass is 10.0. The van der Waals surface area contributed by atoms with Crippen LogP contribution >= 0.6 is 0 Å². The number of nitrogens with one attached hydrogen (secondary N) is 1. The molecule has 19 heavy (non-hydrogen) atoms. The van der Waals surface area contributed by atoms with Crippen molar-refractivity contribution in [2.24, 2.45) is 5.92 Å². The third-order valence-corrected chi connectivity index (χ3v) is 2.45. The van der Waals surface area contributed by atoms with E-state index in [-0.39, 0.29) is 11.5 Å². The molecule has 0 aliphatic carbocycles. The van der Waals surface area contributed by atoms with E-state index < -0.39 is 29.8 Å². The summed E-state index contributed by atoms with van der Waals surface area (Å²) >= 11 is 0. The number of rotatable bonds is 4. The van der Waals surface area contributed by atoms with Gasteiger partial charge in [0.25, 0.3) is 0 Å². The summed E-state index contributed by atoms with van der Waals surface area (Å²) in [6.45, 7) is 2.77. The molecule has 0 fully saturated rings. The number of hydrogen-bond donors (Lipinski definition) is 3. The van der Waals surface area contributed by atoms with Crippen molar-refractivity contribution in [3.8, 4) is 0 Å². The predicted octanol–water partition coefficient (Wildman–Crippen LogP) is 2.36. The van der Waals surface area contributed by atoms with Gasteiger partial charge in [-0.05, 0) is 18.1 Å². The van der Waals surface area contributed by atoms with Crippen molar-refractivity contribution in [3.63, 3.8) is 0 Å². The maximum absolute atomic E-state index is 12.8. The molecule has 106 valence electrons. The molecule has 0 saturated heterocycles. The fraction of sp³-hybridized carbons (Fsp3) is 0.455. The zero-order chi connectivity index (χ0) is 14.8. The van der Waals surface area contributed by atoms with E-state index in [0.717, 1.165) is 0 Å². The van der Waals surface area contributed by atoms with Gasteiger partial charge in [-0.25, -0.2) is 9.78 Å². The van der Waals surface area contributed by atoms with Crippen LogP contribution in [0.4, 0.5) is 24.7 Å². The van der Waals surface area contributed by atoms with E-state index in [2.05, 4.69) is 10.3 Å². The Bertz CT molecular complexity index is 475. The van der Waals surface area contributed by atoms with Crippen LogP contribution < -0.4 is 11.1 Å². The van der Waals surface area contributed by atoms with E-state index in [0.29, 0.717) is 0 Å². The largest absolute Gasteiger partial charge is 0.476 e. The zero-order valence-electron chi connectivity index (χ0n) is 10.3. The van der Waals surface area contributed by atoms with Crippen LogP contribution in [0.3, 0.4) is 0 Å². The Hall–Kier alpha value is -1.99. The van der Waals surface area contributed by atoms with E-state index in [1.165, 1.54) is 26.0 Å². The second kappa shape index (κ2) is 5.33. The maximum Gasteiger partial charge on any atom is 0.408 e. The van der Waals surface area contributed by atoms with Gasteiger partial charge in [0, 0.05) is 0 Å². The molecular weight excluding hydrogens is 263 g/mol. The highest BCUT2D eigenvalue weighted by molar-refractivity contribution is 5.92. The maximum atomic E-state index is 12.8. The normalized spacial score (nSPS) is 13.4. The lowest BCUT2D eigenvalue weighted by molar-refractivity contribution is -0.150. The number of pyridine rings is 1. The summed E-state index contributed by atoms with van der Waals surface area (Å²) in [5, 5.41) is 11.1. The Morgan fingerprint density at radius 2 is 2.00 bits per heavy atom. The highest BCUT2D eigenvalue weighted by Gasteiger charge is 2.42. The first-order valence-electron chi connectivity index (χ1n) is 5.46. The van der Waals surface area contributed by atoms with Gasteiger partial charge in [-0.3, -0.25) is 0 Å². The van der Waals surface area contributed by atoms with Gasteiger partial charge in [0.2, 0.25) is 0 Å². The van der Waals surface area contributed by atoms with Crippen molar-refractivity contribution in [1.82, 2.24) is 4.98 Å². The smallest absolute Gasteiger partial charge is 0.408 e. The van der Waals surface area contributed by atoms with Crippen molar-refractivity contribution < 1.29 is 23.1 Å². The number of aromatic nitrogens is 1. The summed E-state index contributed by atoms with van der Waals surface area (Å²) in [6, 6.07) is 0.547. The van der Waals surface area contributed by atoms with E-state index in [9.17, 15) is 18.0 Å². The summed E-state index contributed by atoms with van der Waals surface area (Å²) in [6.07, 6.45) is -4.49. The van der Waals surface area contributed by atoms with Crippen LogP contribution in [-0.2, 0) is 0 Å². The number of carboxylic acid groups (broad SMARTS) is 1. The van der Waals surface area contributed by atoms with Crippen LogP contribution in [0.2, 0.25) is 0 Å². The fourth-order valence-electron chi connectivity index (χ4n) is 1.55. The molecule has 1 atom stereocenters. The molecule has 0 aliphatic heterocycles. The Labute approximate surface area is 107 Å². The minimum absolute atomic E-state index is 0.0731. The van der Waals surface area contributed by atoms with Crippen molar-refractivity contribution in [1.29, 1.82) is 0 Å². The Morgan fingerprint density at radius 3 is 2.42 bits per heavy atom. The van der Waals surface area contributed by atoms with Gasteiger partial charge in [-0.2, -0.15) is 13.2 Å². The number of nitrogen functional groups attached to an aromatic ring is 1. The molecule has 1 aromatic rings. The minimum Gasteiger partial charge on any atom is -0.476 e. The number of halogens is 3. The third-order valence-electron chi connectivity index (χ3n) is 2.45. The van der Waals surface area contributed by atoms with Gasteiger partial charge in [0.15, 0.2) is 5.69 Å². The molecular formula is C11H14F3N3O2. The van der Waals surface area contributed by atoms with E-state index >= 15 is 0 Å². The molecule has 5 nitrogen and oxygen atoms in total. The Kier molecular flexibility index (Phi) is 4.23. The van der Waals surface area contributed by atoms with Crippen LogP contribution in [0, 0.1) is 5.92 Å². The number of hydrogen-bond acceptors (Lipinski definition) is 4. The molecule has 0 radical (unpaired) electrons. The number of nitrogens with zero attached hydrogens (tertiary/aromatic N) is 1. The van der Waals surface area contributed by atoms with Crippen molar-refractivity contribution in [3.05, 3.63) is 17.8 Å². The quantitative estimate of drug-likeness (QED) is 0.786. The lowest BCUT2D eigenvalue weighted by Crippen LogP contribution is -2.41. The molecule has 4 N–H and O–H groups in total. The summed E-state index contributed by atoms with van der Waals surface area (Å²) in [5.41, 5.74) is 4.57. The van der Waals surface area contributed by atoms with Crippen molar-refractivity contribution >= 4 is 17.5 Å². The average molecular weight is 277 g/mol. The summed E-state index contributed by atoms with van der Waals surface area (Å²) < 4.78 is 38.4. The first-order valence-corrected chi connectivity index (χ1v) is 5.46. The van der Waals surface area contributed by atoms with Crippen LogP contribution in [0.15, 0.2) is 12.1 Å². The number of carbonyl (C=O) groups is 1. The zero-order valence-corrected chi connectivity index (χ0v) is 10.3. The summed E-state index contributed by atoms with van der Waals surface area (Å²) in [4.78, 5) is 14.5. The molecule has 0 aliphatic rings. The molecule has 0 aromatic carbocycles. The number of aromatic carboxylic acids is 1. The highest BCUT2D eigenvalue weighted by Crippen LogP contribution is 2.29. The summed E-state index contributed by atoms with van der Waals surface area (Å²) in [5.74, 6) is -2.28. The first kappa shape index (κ1) is 15.1. The second-order valence-corrected chi connectivity index (χ2v) is 4.35. The lowest BCUT2D eigenvalue weighted by Gasteiger charge is -2.26. The molecule has 0 saturated carbocycles. The number of alkyl halides is 3. The number of carboxylic acids is 1. The molecule has 8 heteroatoms. The van der Waals surface area contributed by atoms with E-state index in [1.807, 2.05) is 0 Å². The Balaban J connectivity index is 3.13. The Morgan fingerprint density at radius 1 is 1.42 bits per heavy atom.